The molecule has 4 nitrogen and oxygen atoms in total. The molecule has 0 N–H and O–H groups in total. The fourth-order valence-electron chi connectivity index (χ4n) is 5.29. The van der Waals surface area contributed by atoms with E-state index in [-0.39, 0.29) is 0 Å². The Labute approximate surface area is 217 Å². The summed E-state index contributed by atoms with van der Waals surface area (Å²) < 4.78 is 12.3. The summed E-state index contributed by atoms with van der Waals surface area (Å²) in [4.78, 5) is 9.35. The third-order valence-corrected chi connectivity index (χ3v) is 7.14. The van der Waals surface area contributed by atoms with Crippen molar-refractivity contribution >= 4 is 43.9 Å². The monoisotopic (exact) mass is 488 g/mol. The number of benzene rings is 4. The van der Waals surface area contributed by atoms with Gasteiger partial charge in [-0.2, -0.15) is 0 Å². The van der Waals surface area contributed by atoms with Gasteiger partial charge in [-0.05, 0) is 65.7 Å². The summed E-state index contributed by atoms with van der Waals surface area (Å²) in [5.41, 5.74) is 9.36. The Kier molecular flexibility index (Phi) is 4.49. The molecule has 178 valence electrons. The van der Waals surface area contributed by atoms with E-state index in [0.29, 0.717) is 0 Å². The maximum Gasteiger partial charge on any atom is 0.139 e. The number of fused-ring (bicyclic) bond motifs is 6. The number of para-hydroxylation sites is 1. The van der Waals surface area contributed by atoms with Crippen LogP contribution >= 0.6 is 0 Å². The van der Waals surface area contributed by atoms with Gasteiger partial charge in [0, 0.05) is 39.4 Å². The normalized spacial score (nSPS) is 11.7. The first-order valence-corrected chi connectivity index (χ1v) is 12.6. The molecule has 0 bridgehead atoms. The minimum atomic E-state index is 0.827. The van der Waals surface area contributed by atoms with Crippen molar-refractivity contribution in [3.8, 4) is 33.8 Å². The van der Waals surface area contributed by atoms with E-state index in [9.17, 15) is 0 Å². The summed E-state index contributed by atoms with van der Waals surface area (Å²) in [6, 6.07) is 39.2. The van der Waals surface area contributed by atoms with E-state index in [0.717, 1.165) is 77.6 Å². The Morgan fingerprint density at radius 3 is 1.97 bits per heavy atom. The molecule has 0 unspecified atom stereocenters. The lowest BCUT2D eigenvalue weighted by molar-refractivity contribution is 0.656. The summed E-state index contributed by atoms with van der Waals surface area (Å²) >= 11 is 0. The van der Waals surface area contributed by atoms with Gasteiger partial charge in [-0.3, -0.25) is 4.98 Å². The Hall–Kier alpha value is -5.22. The summed E-state index contributed by atoms with van der Waals surface area (Å²) in [6.45, 7) is 0. The number of pyridine rings is 2. The van der Waals surface area contributed by atoms with Crippen molar-refractivity contribution in [3.05, 3.63) is 121 Å². The summed E-state index contributed by atoms with van der Waals surface area (Å²) in [5.74, 6) is 0. The van der Waals surface area contributed by atoms with Crippen LogP contribution in [-0.2, 0) is 0 Å². The van der Waals surface area contributed by atoms with E-state index < -0.39 is 0 Å². The Morgan fingerprint density at radius 2 is 1.08 bits per heavy atom. The van der Waals surface area contributed by atoms with Gasteiger partial charge in [0.1, 0.15) is 22.3 Å². The molecule has 0 fully saturated rings. The molecular formula is C34H20N2O2. The van der Waals surface area contributed by atoms with Crippen LogP contribution in [0.2, 0.25) is 0 Å². The second kappa shape index (κ2) is 8.15. The zero-order valence-electron chi connectivity index (χ0n) is 20.3. The molecule has 0 aliphatic rings. The highest BCUT2D eigenvalue weighted by Gasteiger charge is 2.14. The standard InChI is InChI=1S/C34H20N2O2/c1-2-13-31-24(9-1)26-19-27-25-18-22(14-15-32(25)38-34(27)20-33(26)37-31)21-7-5-8-23(17-21)28-11-6-12-30(36-28)29-10-3-4-16-35-29/h1-20H. The number of rotatable bonds is 3. The Bertz CT molecular complexity index is 2140. The molecule has 8 aromatic rings. The lowest BCUT2D eigenvalue weighted by atomic mass is 9.99. The van der Waals surface area contributed by atoms with Crippen LogP contribution in [0.3, 0.4) is 0 Å². The van der Waals surface area contributed by atoms with Crippen molar-refractivity contribution < 1.29 is 8.83 Å². The van der Waals surface area contributed by atoms with Gasteiger partial charge in [0.25, 0.3) is 0 Å². The molecule has 0 aliphatic heterocycles. The van der Waals surface area contributed by atoms with Gasteiger partial charge < -0.3 is 8.83 Å². The first kappa shape index (κ1) is 20.9. The van der Waals surface area contributed by atoms with E-state index in [4.69, 9.17) is 13.8 Å². The molecule has 0 spiro atoms. The van der Waals surface area contributed by atoms with E-state index in [1.54, 1.807) is 6.20 Å². The van der Waals surface area contributed by atoms with Crippen molar-refractivity contribution in [1.82, 2.24) is 9.97 Å². The predicted octanol–water partition coefficient (Wildman–Crippen LogP) is 9.28. The molecule has 0 saturated heterocycles. The molecule has 4 aromatic carbocycles. The fourth-order valence-corrected chi connectivity index (χ4v) is 5.29. The van der Waals surface area contributed by atoms with Crippen LogP contribution in [0.25, 0.3) is 77.6 Å². The first-order valence-electron chi connectivity index (χ1n) is 12.6. The fraction of sp³-hybridized carbons (Fsp3) is 0. The third-order valence-electron chi connectivity index (χ3n) is 7.14. The topological polar surface area (TPSA) is 52.1 Å². The number of nitrogens with zero attached hydrogens (tertiary/aromatic N) is 2. The van der Waals surface area contributed by atoms with Gasteiger partial charge in [-0.25, -0.2) is 4.98 Å². The van der Waals surface area contributed by atoms with Crippen molar-refractivity contribution in [2.75, 3.05) is 0 Å². The predicted molar refractivity (Wildman–Crippen MR) is 153 cm³/mol. The van der Waals surface area contributed by atoms with E-state index in [2.05, 4.69) is 59.6 Å². The molecule has 0 radical (unpaired) electrons. The minimum Gasteiger partial charge on any atom is -0.456 e. The minimum absolute atomic E-state index is 0.827. The molecule has 4 heteroatoms. The van der Waals surface area contributed by atoms with Crippen molar-refractivity contribution in [2.24, 2.45) is 0 Å². The number of furan rings is 2. The number of hydrogen-bond donors (Lipinski definition) is 0. The zero-order valence-corrected chi connectivity index (χ0v) is 20.3. The van der Waals surface area contributed by atoms with Crippen molar-refractivity contribution in [3.63, 3.8) is 0 Å². The van der Waals surface area contributed by atoms with Crippen LogP contribution in [0.4, 0.5) is 0 Å². The molecule has 0 amide bonds. The van der Waals surface area contributed by atoms with Crippen LogP contribution in [-0.4, -0.2) is 9.97 Å². The second-order valence-corrected chi connectivity index (χ2v) is 9.46. The van der Waals surface area contributed by atoms with E-state index in [1.165, 1.54) is 0 Å². The van der Waals surface area contributed by atoms with Crippen molar-refractivity contribution in [2.45, 2.75) is 0 Å². The first-order chi connectivity index (χ1) is 18.8. The van der Waals surface area contributed by atoms with Crippen LogP contribution in [0, 0.1) is 0 Å². The molecule has 0 atom stereocenters. The molecule has 0 aliphatic carbocycles. The van der Waals surface area contributed by atoms with Gasteiger partial charge >= 0.3 is 0 Å². The lowest BCUT2D eigenvalue weighted by Gasteiger charge is -2.07. The van der Waals surface area contributed by atoms with Crippen molar-refractivity contribution in [1.29, 1.82) is 0 Å². The zero-order chi connectivity index (χ0) is 25.1. The van der Waals surface area contributed by atoms with Gasteiger partial charge in [0.05, 0.1) is 17.1 Å². The van der Waals surface area contributed by atoms with Gasteiger partial charge in [-0.1, -0.05) is 54.6 Å². The Balaban J connectivity index is 1.24. The van der Waals surface area contributed by atoms with Crippen LogP contribution < -0.4 is 0 Å². The lowest BCUT2D eigenvalue weighted by Crippen LogP contribution is -1.90. The van der Waals surface area contributed by atoms with Gasteiger partial charge in [0.15, 0.2) is 0 Å². The third kappa shape index (κ3) is 3.31. The molecule has 0 saturated carbocycles. The molecular weight excluding hydrogens is 468 g/mol. The summed E-state index contributed by atoms with van der Waals surface area (Å²) in [7, 11) is 0. The van der Waals surface area contributed by atoms with Gasteiger partial charge in [-0.15, -0.1) is 0 Å². The molecule has 38 heavy (non-hydrogen) atoms. The average Bonchev–Trinajstić information content (AvgIpc) is 3.53. The van der Waals surface area contributed by atoms with Crippen LogP contribution in [0.5, 0.6) is 0 Å². The molecule has 4 heterocycles. The average molecular weight is 489 g/mol. The summed E-state index contributed by atoms with van der Waals surface area (Å²) in [5, 5.41) is 4.39. The Morgan fingerprint density at radius 1 is 0.395 bits per heavy atom. The highest BCUT2D eigenvalue weighted by Crippen LogP contribution is 2.38. The number of aromatic nitrogens is 2. The smallest absolute Gasteiger partial charge is 0.139 e. The van der Waals surface area contributed by atoms with E-state index in [1.807, 2.05) is 60.7 Å². The maximum atomic E-state index is 6.22. The molecule has 4 aromatic heterocycles. The highest BCUT2D eigenvalue weighted by molar-refractivity contribution is 6.15. The highest BCUT2D eigenvalue weighted by atomic mass is 16.3. The molecule has 8 rings (SSSR count). The number of hydrogen-bond acceptors (Lipinski definition) is 4. The summed E-state index contributed by atoms with van der Waals surface area (Å²) in [6.07, 6.45) is 1.79. The van der Waals surface area contributed by atoms with Gasteiger partial charge in [0.2, 0.25) is 0 Å². The van der Waals surface area contributed by atoms with Crippen LogP contribution in [0.15, 0.2) is 130 Å². The second-order valence-electron chi connectivity index (χ2n) is 9.46. The maximum absolute atomic E-state index is 6.22. The SMILES string of the molecule is c1ccc(-c2cccc(-c3cccc(-c4ccc5oc6cc7oc8ccccc8c7cc6c5c4)c3)n2)nc1. The largest absolute Gasteiger partial charge is 0.456 e. The van der Waals surface area contributed by atoms with E-state index >= 15 is 0 Å². The van der Waals surface area contributed by atoms with Crippen LogP contribution in [0.1, 0.15) is 0 Å². The quantitative estimate of drug-likeness (QED) is 0.249.